The molecule has 1 fully saturated rings. The number of hydrogen-bond acceptors (Lipinski definition) is 6. The SMILES string of the molecule is CCCCc1ncc(C(=O)N2CCC(O)(c3cccnc3)CC2)cc1-c1c(OC)cccc1OC. The lowest BCUT2D eigenvalue weighted by atomic mass is 9.85. The van der Waals surface area contributed by atoms with Crippen LogP contribution in [-0.2, 0) is 12.0 Å². The molecule has 0 aliphatic carbocycles. The van der Waals surface area contributed by atoms with Gasteiger partial charge in [-0.05, 0) is 49.9 Å². The van der Waals surface area contributed by atoms with Crippen molar-refractivity contribution in [1.29, 1.82) is 0 Å². The smallest absolute Gasteiger partial charge is 0.255 e. The van der Waals surface area contributed by atoms with E-state index in [0.29, 0.717) is 43.0 Å². The fraction of sp³-hybridized carbons (Fsp3) is 0.393. The second-order valence-corrected chi connectivity index (χ2v) is 8.92. The predicted molar refractivity (Wildman–Crippen MR) is 135 cm³/mol. The van der Waals surface area contributed by atoms with Gasteiger partial charge in [0.15, 0.2) is 0 Å². The molecule has 7 heteroatoms. The number of aryl methyl sites for hydroxylation is 1. The normalized spacial score (nSPS) is 15.0. The number of pyridine rings is 2. The minimum Gasteiger partial charge on any atom is -0.496 e. The van der Waals surface area contributed by atoms with E-state index in [9.17, 15) is 9.90 Å². The number of benzene rings is 1. The van der Waals surface area contributed by atoms with Crippen molar-refractivity contribution in [2.24, 2.45) is 0 Å². The average molecular weight is 476 g/mol. The molecule has 0 radical (unpaired) electrons. The maximum absolute atomic E-state index is 13.5. The highest BCUT2D eigenvalue weighted by Crippen LogP contribution is 2.40. The molecule has 0 unspecified atom stereocenters. The number of piperidine rings is 1. The fourth-order valence-corrected chi connectivity index (χ4v) is 4.68. The van der Waals surface area contributed by atoms with Crippen LogP contribution in [0.4, 0.5) is 0 Å². The highest BCUT2D eigenvalue weighted by atomic mass is 16.5. The van der Waals surface area contributed by atoms with Crippen molar-refractivity contribution in [2.45, 2.75) is 44.6 Å². The van der Waals surface area contributed by atoms with E-state index in [1.54, 1.807) is 37.7 Å². The maximum Gasteiger partial charge on any atom is 0.255 e. The first-order valence-corrected chi connectivity index (χ1v) is 12.1. The Kier molecular flexibility index (Phi) is 7.66. The number of methoxy groups -OCH3 is 2. The third-order valence-corrected chi connectivity index (χ3v) is 6.76. The first kappa shape index (κ1) is 24.7. The number of unbranched alkanes of at least 4 members (excludes halogenated alkanes) is 1. The summed E-state index contributed by atoms with van der Waals surface area (Å²) in [7, 11) is 3.26. The maximum atomic E-state index is 13.5. The second kappa shape index (κ2) is 10.9. The molecule has 4 rings (SSSR count). The summed E-state index contributed by atoms with van der Waals surface area (Å²) in [6, 6.07) is 11.3. The number of aromatic nitrogens is 2. The molecule has 0 saturated carbocycles. The van der Waals surface area contributed by atoms with Gasteiger partial charge in [0.1, 0.15) is 11.5 Å². The summed E-state index contributed by atoms with van der Waals surface area (Å²) in [5.41, 5.74) is 2.90. The van der Waals surface area contributed by atoms with E-state index in [1.165, 1.54) is 0 Å². The van der Waals surface area contributed by atoms with Crippen molar-refractivity contribution in [1.82, 2.24) is 14.9 Å². The minimum atomic E-state index is -0.969. The summed E-state index contributed by atoms with van der Waals surface area (Å²) in [5.74, 6) is 1.25. The van der Waals surface area contributed by atoms with Gasteiger partial charge < -0.3 is 19.5 Å². The van der Waals surface area contributed by atoms with Crippen molar-refractivity contribution < 1.29 is 19.4 Å². The topological polar surface area (TPSA) is 84.8 Å². The number of ether oxygens (including phenoxy) is 2. The number of hydrogen-bond donors (Lipinski definition) is 1. The molecule has 7 nitrogen and oxygen atoms in total. The number of rotatable bonds is 8. The molecule has 1 amide bonds. The van der Waals surface area contributed by atoms with Crippen LogP contribution in [0.1, 0.15) is 54.2 Å². The number of aliphatic hydroxyl groups is 1. The Morgan fingerprint density at radius 2 is 1.80 bits per heavy atom. The average Bonchev–Trinajstić information content (AvgIpc) is 2.92. The lowest BCUT2D eigenvalue weighted by Crippen LogP contribution is -2.45. The van der Waals surface area contributed by atoms with Crippen molar-refractivity contribution in [3.63, 3.8) is 0 Å². The summed E-state index contributed by atoms with van der Waals surface area (Å²) in [5, 5.41) is 11.1. The van der Waals surface area contributed by atoms with Crippen LogP contribution < -0.4 is 9.47 Å². The number of amides is 1. The number of likely N-dealkylation sites (tertiary alicyclic amines) is 1. The molecule has 0 bridgehead atoms. The van der Waals surface area contributed by atoms with Crippen molar-refractivity contribution in [2.75, 3.05) is 27.3 Å². The molecule has 3 heterocycles. The molecular formula is C28H33N3O4. The van der Waals surface area contributed by atoms with Gasteiger partial charge in [-0.15, -0.1) is 0 Å². The summed E-state index contributed by atoms with van der Waals surface area (Å²) >= 11 is 0. The molecule has 3 aromatic rings. The zero-order chi connectivity index (χ0) is 24.8. The van der Waals surface area contributed by atoms with E-state index in [2.05, 4.69) is 11.9 Å². The molecule has 2 aromatic heterocycles. The molecule has 1 N–H and O–H groups in total. The Hall–Kier alpha value is -3.45. The largest absolute Gasteiger partial charge is 0.496 e. The number of carbonyl (C=O) groups is 1. The summed E-state index contributed by atoms with van der Waals surface area (Å²) < 4.78 is 11.3. The fourth-order valence-electron chi connectivity index (χ4n) is 4.68. The van der Waals surface area contributed by atoms with Crippen molar-refractivity contribution >= 4 is 5.91 Å². The first-order valence-electron chi connectivity index (χ1n) is 12.1. The van der Waals surface area contributed by atoms with Crippen LogP contribution in [0, 0.1) is 0 Å². The van der Waals surface area contributed by atoms with E-state index >= 15 is 0 Å². The van der Waals surface area contributed by atoms with Crippen LogP contribution in [0.25, 0.3) is 11.1 Å². The molecule has 1 aliphatic heterocycles. The third-order valence-electron chi connectivity index (χ3n) is 6.76. The molecule has 1 saturated heterocycles. The van der Waals surface area contributed by atoms with E-state index in [4.69, 9.17) is 14.5 Å². The van der Waals surface area contributed by atoms with Gasteiger partial charge in [-0.3, -0.25) is 14.8 Å². The van der Waals surface area contributed by atoms with Gasteiger partial charge in [-0.2, -0.15) is 0 Å². The van der Waals surface area contributed by atoms with Gasteiger partial charge in [-0.1, -0.05) is 25.5 Å². The summed E-state index contributed by atoms with van der Waals surface area (Å²) in [6.07, 6.45) is 8.80. The molecule has 0 spiro atoms. The van der Waals surface area contributed by atoms with E-state index in [0.717, 1.165) is 41.6 Å². The molecule has 35 heavy (non-hydrogen) atoms. The monoisotopic (exact) mass is 475 g/mol. The Morgan fingerprint density at radius 3 is 2.40 bits per heavy atom. The van der Waals surface area contributed by atoms with Gasteiger partial charge in [0.05, 0.1) is 30.9 Å². The highest BCUT2D eigenvalue weighted by Gasteiger charge is 2.36. The van der Waals surface area contributed by atoms with Gasteiger partial charge in [0.25, 0.3) is 5.91 Å². The van der Waals surface area contributed by atoms with Crippen LogP contribution in [0.15, 0.2) is 55.0 Å². The lowest BCUT2D eigenvalue weighted by Gasteiger charge is -2.38. The van der Waals surface area contributed by atoms with Crippen LogP contribution in [-0.4, -0.2) is 53.2 Å². The summed E-state index contributed by atoms with van der Waals surface area (Å²) in [4.78, 5) is 24.1. The lowest BCUT2D eigenvalue weighted by molar-refractivity contribution is -0.0213. The minimum absolute atomic E-state index is 0.0945. The zero-order valence-electron chi connectivity index (χ0n) is 20.7. The van der Waals surface area contributed by atoms with E-state index in [-0.39, 0.29) is 5.91 Å². The van der Waals surface area contributed by atoms with Gasteiger partial charge in [0.2, 0.25) is 0 Å². The number of nitrogens with zero attached hydrogens (tertiary/aromatic N) is 3. The van der Waals surface area contributed by atoms with E-state index in [1.807, 2.05) is 36.4 Å². The first-order chi connectivity index (χ1) is 17.0. The molecule has 184 valence electrons. The van der Waals surface area contributed by atoms with Crippen LogP contribution >= 0.6 is 0 Å². The Balaban J connectivity index is 1.64. The standard InChI is InChI=1S/C28H33N3O4/c1-4-5-9-23-22(26-24(34-2)10-6-11-25(26)35-3)17-20(18-30-23)27(32)31-15-12-28(33,13-16-31)21-8-7-14-29-19-21/h6-8,10-11,14,17-19,33H,4-5,9,12-13,15-16H2,1-3H3. The van der Waals surface area contributed by atoms with Crippen LogP contribution in [0.3, 0.4) is 0 Å². The second-order valence-electron chi connectivity index (χ2n) is 8.92. The Labute approximate surface area is 206 Å². The zero-order valence-corrected chi connectivity index (χ0v) is 20.7. The Morgan fingerprint density at radius 1 is 1.09 bits per heavy atom. The van der Waals surface area contributed by atoms with E-state index < -0.39 is 5.60 Å². The third kappa shape index (κ3) is 5.15. The van der Waals surface area contributed by atoms with Gasteiger partial charge >= 0.3 is 0 Å². The summed E-state index contributed by atoms with van der Waals surface area (Å²) in [6.45, 7) is 3.05. The van der Waals surface area contributed by atoms with Crippen LogP contribution in [0.2, 0.25) is 0 Å². The Bertz CT molecular complexity index is 1140. The van der Waals surface area contributed by atoms with Gasteiger partial charge in [-0.25, -0.2) is 0 Å². The van der Waals surface area contributed by atoms with Crippen molar-refractivity contribution in [3.05, 3.63) is 71.8 Å². The van der Waals surface area contributed by atoms with Crippen molar-refractivity contribution in [3.8, 4) is 22.6 Å². The predicted octanol–water partition coefficient (Wildman–Crippen LogP) is 4.63. The highest BCUT2D eigenvalue weighted by molar-refractivity contribution is 5.96. The molecular weight excluding hydrogens is 442 g/mol. The molecule has 0 atom stereocenters. The molecule has 1 aliphatic rings. The number of carbonyl (C=O) groups excluding carboxylic acids is 1. The quantitative estimate of drug-likeness (QED) is 0.511. The van der Waals surface area contributed by atoms with Gasteiger partial charge in [0, 0.05) is 48.5 Å². The van der Waals surface area contributed by atoms with Crippen LogP contribution in [0.5, 0.6) is 11.5 Å². The molecule has 1 aromatic carbocycles.